The molecule has 0 heterocycles. The molecule has 2 aromatic rings. The highest BCUT2D eigenvalue weighted by atomic mass is 28.4. The van der Waals surface area contributed by atoms with E-state index in [1.807, 2.05) is 0 Å². The molecule has 0 radical (unpaired) electrons. The van der Waals surface area contributed by atoms with E-state index < -0.39 is 33.3 Å². The van der Waals surface area contributed by atoms with Gasteiger partial charge in [-0.1, -0.05) is 74.5 Å². The molecular weight excluding hydrogens is 433 g/mol. The lowest BCUT2D eigenvalue weighted by Crippen LogP contribution is -2.57. The minimum Gasteiger partial charge on any atom is -0.456 e. The molecule has 0 saturated heterocycles. The Morgan fingerprint density at radius 3 is 1.07 bits per heavy atom. The normalized spacial score (nSPS) is 12.9. The predicted octanol–water partition coefficient (Wildman–Crippen LogP) is 6.68. The molecule has 0 unspecified atom stereocenters. The van der Waals surface area contributed by atoms with Crippen LogP contribution in [0.15, 0.2) is 60.7 Å². The van der Waals surface area contributed by atoms with E-state index in [1.165, 1.54) is 22.5 Å². The van der Waals surface area contributed by atoms with Crippen molar-refractivity contribution in [1.29, 1.82) is 0 Å². The van der Waals surface area contributed by atoms with Gasteiger partial charge in [-0.3, -0.25) is 0 Å². The molecule has 0 bridgehead atoms. The van der Waals surface area contributed by atoms with Crippen LogP contribution in [0.4, 0.5) is 0 Å². The molecule has 0 fully saturated rings. The highest BCUT2D eigenvalue weighted by Gasteiger charge is 2.35. The summed E-state index contributed by atoms with van der Waals surface area (Å²) in [4.78, 5) is 0. The molecule has 2 rings (SSSR count). The molecule has 0 atom stereocenters. The van der Waals surface area contributed by atoms with Crippen molar-refractivity contribution in [2.75, 3.05) is 0 Å². The highest BCUT2D eigenvalue weighted by Crippen LogP contribution is 2.20. The maximum Gasteiger partial charge on any atom is 0.206 e. The molecule has 6 heteroatoms. The highest BCUT2D eigenvalue weighted by molar-refractivity contribution is 6.96. The maximum absolute atomic E-state index is 6.68. The zero-order valence-electron chi connectivity index (χ0n) is 21.0. The monoisotopic (exact) mass is 476 g/mol. The van der Waals surface area contributed by atoms with Crippen LogP contribution in [-0.2, 0) is 8.23 Å². The van der Waals surface area contributed by atoms with Gasteiger partial charge in [0.15, 0.2) is 16.6 Å². The van der Waals surface area contributed by atoms with Gasteiger partial charge in [0.05, 0.1) is 0 Å². The average molecular weight is 477 g/mol. The van der Waals surface area contributed by atoms with Crippen molar-refractivity contribution in [3.05, 3.63) is 60.7 Å². The van der Waals surface area contributed by atoms with Crippen molar-refractivity contribution in [2.45, 2.75) is 78.3 Å². The fourth-order valence-corrected chi connectivity index (χ4v) is 18.5. The smallest absolute Gasteiger partial charge is 0.206 e. The first kappa shape index (κ1) is 27.3. The second kappa shape index (κ2) is 11.2. The topological polar surface area (TPSA) is 18.5 Å². The van der Waals surface area contributed by atoms with Gasteiger partial charge in [0.1, 0.15) is 0 Å². The summed E-state index contributed by atoms with van der Waals surface area (Å²) in [6.07, 6.45) is 0. The molecule has 0 N–H and O–H groups in total. The first-order valence-electron chi connectivity index (χ1n) is 11.3. The van der Waals surface area contributed by atoms with E-state index in [4.69, 9.17) is 8.23 Å². The second-order valence-electron chi connectivity index (χ2n) is 10.2. The third kappa shape index (κ3) is 9.16. The van der Waals surface area contributed by atoms with Gasteiger partial charge in [0.25, 0.3) is 0 Å². The molecule has 2 aromatic carbocycles. The summed E-state index contributed by atoms with van der Waals surface area (Å²) in [5.41, 5.74) is 0. The van der Waals surface area contributed by atoms with E-state index in [1.54, 1.807) is 0 Å². The van der Waals surface area contributed by atoms with Crippen molar-refractivity contribution in [3.8, 4) is 0 Å². The fraction of sp³-hybridized carbons (Fsp3) is 0.500. The van der Waals surface area contributed by atoms with Gasteiger partial charge in [-0.2, -0.15) is 0 Å². The first-order valence-corrected chi connectivity index (χ1v) is 23.3. The van der Waals surface area contributed by atoms with Gasteiger partial charge >= 0.3 is 0 Å². The van der Waals surface area contributed by atoms with Crippen LogP contribution in [0.5, 0.6) is 0 Å². The number of rotatable bonds is 8. The van der Waals surface area contributed by atoms with E-state index >= 15 is 0 Å². The van der Waals surface area contributed by atoms with Crippen molar-refractivity contribution in [3.63, 3.8) is 0 Å². The lowest BCUT2D eigenvalue weighted by Gasteiger charge is -2.34. The van der Waals surface area contributed by atoms with Crippen LogP contribution in [0.3, 0.4) is 0 Å². The van der Waals surface area contributed by atoms with E-state index in [0.29, 0.717) is 0 Å². The van der Waals surface area contributed by atoms with Crippen LogP contribution in [0.1, 0.15) is 13.8 Å². The van der Waals surface area contributed by atoms with Crippen LogP contribution in [0.25, 0.3) is 0 Å². The number of hydrogen-bond donors (Lipinski definition) is 0. The van der Waals surface area contributed by atoms with Gasteiger partial charge in [-0.15, -0.1) is 0 Å². The molecule has 0 spiro atoms. The molecule has 0 saturated carbocycles. The Morgan fingerprint density at radius 2 is 0.800 bits per heavy atom. The van der Waals surface area contributed by atoms with Gasteiger partial charge in [-0.05, 0) is 74.8 Å². The van der Waals surface area contributed by atoms with Crippen molar-refractivity contribution >= 4 is 43.6 Å². The average Bonchev–Trinajstić information content (AvgIpc) is 2.68. The SMILES string of the molecule is CC[Si](C)(C)O[Si](C)(C)CC.C[Si](C)(O[Si](C)(C)c1ccccc1)c1ccccc1. The Morgan fingerprint density at radius 1 is 0.500 bits per heavy atom. The molecule has 0 aromatic heterocycles. The molecule has 2 nitrogen and oxygen atoms in total. The molecule has 0 aliphatic rings. The van der Waals surface area contributed by atoms with Gasteiger partial charge in [0.2, 0.25) is 16.6 Å². The lowest BCUT2D eigenvalue weighted by molar-refractivity contribution is 0.542. The third-order valence-corrected chi connectivity index (χ3v) is 21.1. The third-order valence-electron chi connectivity index (χ3n) is 5.70. The Bertz CT molecular complexity index is 681. The minimum absolute atomic E-state index is 1.24. The van der Waals surface area contributed by atoms with Crippen molar-refractivity contribution in [1.82, 2.24) is 0 Å². The van der Waals surface area contributed by atoms with Crippen molar-refractivity contribution < 1.29 is 8.23 Å². The summed E-state index contributed by atoms with van der Waals surface area (Å²) in [6.45, 7) is 22.9. The van der Waals surface area contributed by atoms with Crippen molar-refractivity contribution in [2.24, 2.45) is 0 Å². The second-order valence-corrected chi connectivity index (χ2v) is 27.5. The van der Waals surface area contributed by atoms with Crippen LogP contribution in [0, 0.1) is 0 Å². The molecule has 168 valence electrons. The fourth-order valence-electron chi connectivity index (χ4n) is 3.33. The molecule has 0 amide bonds. The summed E-state index contributed by atoms with van der Waals surface area (Å²) in [5.74, 6) is 0. The zero-order valence-corrected chi connectivity index (χ0v) is 25.0. The Labute approximate surface area is 190 Å². The van der Waals surface area contributed by atoms with Crippen LogP contribution >= 0.6 is 0 Å². The Balaban J connectivity index is 0.000000352. The van der Waals surface area contributed by atoms with Crippen LogP contribution < -0.4 is 10.4 Å². The summed E-state index contributed by atoms with van der Waals surface area (Å²) in [6, 6.07) is 23.8. The summed E-state index contributed by atoms with van der Waals surface area (Å²) >= 11 is 0. The predicted molar refractivity (Wildman–Crippen MR) is 145 cm³/mol. The first-order chi connectivity index (χ1) is 13.7. The van der Waals surface area contributed by atoms with Crippen LogP contribution in [0.2, 0.25) is 64.5 Å². The zero-order chi connectivity index (χ0) is 23.1. The van der Waals surface area contributed by atoms with E-state index in [0.717, 1.165) is 0 Å². The van der Waals surface area contributed by atoms with Gasteiger partial charge in [0, 0.05) is 0 Å². The number of hydrogen-bond acceptors (Lipinski definition) is 2. The van der Waals surface area contributed by atoms with E-state index in [9.17, 15) is 0 Å². The summed E-state index contributed by atoms with van der Waals surface area (Å²) in [5, 5.41) is 2.73. The molecule has 30 heavy (non-hydrogen) atoms. The van der Waals surface area contributed by atoms with Crippen LogP contribution in [-0.4, -0.2) is 33.3 Å². The number of benzene rings is 2. The molecule has 0 aliphatic heterocycles. The minimum atomic E-state index is -1.84. The van der Waals surface area contributed by atoms with E-state index in [-0.39, 0.29) is 0 Å². The van der Waals surface area contributed by atoms with E-state index in [2.05, 4.69) is 127 Å². The quantitative estimate of drug-likeness (QED) is 0.395. The standard InChI is InChI=1S/C16H22OSi2.C8H22OSi2/c1-18(2,15-11-7-5-8-12-15)17-19(3,4)16-13-9-6-10-14-16;1-7-10(3,4)9-11(5,6)8-2/h5-14H,1-4H3;7-8H2,1-6H3. The molecule has 0 aliphatic carbocycles. The summed E-state index contributed by atoms with van der Waals surface area (Å²) in [7, 11) is -6.22. The Kier molecular flexibility index (Phi) is 10.2. The molecular formula is C24H44O2Si4. The lowest BCUT2D eigenvalue weighted by atomic mass is 10.4. The summed E-state index contributed by atoms with van der Waals surface area (Å²) < 4.78 is 12.9. The Hall–Kier alpha value is -0.772. The van der Waals surface area contributed by atoms with Gasteiger partial charge < -0.3 is 8.23 Å². The maximum atomic E-state index is 6.68. The van der Waals surface area contributed by atoms with Gasteiger partial charge in [-0.25, -0.2) is 0 Å². The largest absolute Gasteiger partial charge is 0.456 e.